The van der Waals surface area contributed by atoms with E-state index in [0.29, 0.717) is 30.4 Å². The average molecular weight is 395 g/mol. The molecular formula is C21H21N3O3S. The summed E-state index contributed by atoms with van der Waals surface area (Å²) in [6.45, 7) is 0.911. The second kappa shape index (κ2) is 8.31. The first kappa shape index (κ1) is 18.3. The topological polar surface area (TPSA) is 74.6 Å². The van der Waals surface area contributed by atoms with Gasteiger partial charge in [-0.2, -0.15) is 0 Å². The number of nitrogens with zero attached hydrogens (tertiary/aromatic N) is 1. The Labute approximate surface area is 167 Å². The van der Waals surface area contributed by atoms with E-state index in [1.807, 2.05) is 29.6 Å². The Morgan fingerprint density at radius 3 is 2.54 bits per heavy atom. The van der Waals surface area contributed by atoms with Crippen LogP contribution in [0, 0.1) is 0 Å². The van der Waals surface area contributed by atoms with Crippen LogP contribution in [-0.4, -0.2) is 22.9 Å². The van der Waals surface area contributed by atoms with Crippen molar-refractivity contribution in [3.8, 4) is 0 Å². The molecule has 0 aliphatic heterocycles. The van der Waals surface area contributed by atoms with E-state index >= 15 is 0 Å². The Balaban J connectivity index is 1.44. The molecule has 28 heavy (non-hydrogen) atoms. The highest BCUT2D eigenvalue weighted by molar-refractivity contribution is 7.09. The van der Waals surface area contributed by atoms with Gasteiger partial charge in [0, 0.05) is 22.2 Å². The molecule has 0 spiro atoms. The molecule has 7 heteroatoms. The highest BCUT2D eigenvalue weighted by Crippen LogP contribution is 2.20. The number of carbonyl (C=O) groups excluding carboxylic acids is 2. The summed E-state index contributed by atoms with van der Waals surface area (Å²) in [4.78, 5) is 27.8. The molecule has 1 fully saturated rings. The summed E-state index contributed by atoms with van der Waals surface area (Å²) in [5.74, 6) is 0.652. The van der Waals surface area contributed by atoms with Crippen molar-refractivity contribution in [1.82, 2.24) is 10.2 Å². The van der Waals surface area contributed by atoms with Gasteiger partial charge in [0.2, 0.25) is 0 Å². The first-order valence-corrected chi connectivity index (χ1v) is 10.1. The molecule has 1 aromatic carbocycles. The molecule has 2 N–H and O–H groups in total. The second-order valence-electron chi connectivity index (χ2n) is 6.77. The molecule has 1 saturated carbocycles. The highest BCUT2D eigenvalue weighted by atomic mass is 32.1. The van der Waals surface area contributed by atoms with Gasteiger partial charge in [-0.1, -0.05) is 6.07 Å². The van der Waals surface area contributed by atoms with Gasteiger partial charge in [-0.3, -0.25) is 4.79 Å². The van der Waals surface area contributed by atoms with E-state index in [1.165, 1.54) is 0 Å². The molecule has 6 nitrogen and oxygen atoms in total. The summed E-state index contributed by atoms with van der Waals surface area (Å²) in [6.07, 6.45) is 3.68. The number of furan rings is 1. The number of thiophene rings is 1. The zero-order valence-corrected chi connectivity index (χ0v) is 16.1. The zero-order chi connectivity index (χ0) is 19.3. The number of anilines is 1. The monoisotopic (exact) mass is 395 g/mol. The van der Waals surface area contributed by atoms with Gasteiger partial charge >= 0.3 is 6.03 Å². The van der Waals surface area contributed by atoms with Gasteiger partial charge in [-0.15, -0.1) is 11.3 Å². The molecule has 1 aliphatic carbocycles. The van der Waals surface area contributed by atoms with Crippen molar-refractivity contribution in [3.05, 3.63) is 76.4 Å². The standard InChI is InChI=1S/C21H21N3O3S/c25-20(15-5-7-16(8-6-15)22-21(26)23-17-9-10-17)24(13-18-3-1-11-27-18)14-19-4-2-12-28-19/h1-8,11-12,17H,9-10,13-14H2,(H2,22,23,26). The summed E-state index contributed by atoms with van der Waals surface area (Å²) in [5.41, 5.74) is 1.22. The van der Waals surface area contributed by atoms with E-state index in [2.05, 4.69) is 10.6 Å². The first-order chi connectivity index (χ1) is 13.7. The summed E-state index contributed by atoms with van der Waals surface area (Å²) < 4.78 is 5.42. The van der Waals surface area contributed by atoms with Crippen molar-refractivity contribution >= 4 is 29.0 Å². The van der Waals surface area contributed by atoms with Crippen LogP contribution in [0.5, 0.6) is 0 Å². The van der Waals surface area contributed by atoms with Crippen LogP contribution in [0.1, 0.15) is 33.8 Å². The number of hydrogen-bond donors (Lipinski definition) is 2. The fourth-order valence-corrected chi connectivity index (χ4v) is 3.56. The molecule has 0 radical (unpaired) electrons. The van der Waals surface area contributed by atoms with Gasteiger partial charge in [-0.25, -0.2) is 4.79 Å². The predicted molar refractivity (Wildman–Crippen MR) is 108 cm³/mol. The van der Waals surface area contributed by atoms with E-state index in [0.717, 1.165) is 23.5 Å². The van der Waals surface area contributed by atoms with Crippen molar-refractivity contribution in [2.45, 2.75) is 32.0 Å². The van der Waals surface area contributed by atoms with Gasteiger partial charge in [0.25, 0.3) is 5.91 Å². The van der Waals surface area contributed by atoms with Crippen molar-refractivity contribution in [3.63, 3.8) is 0 Å². The molecule has 3 amide bonds. The van der Waals surface area contributed by atoms with Crippen molar-refractivity contribution in [1.29, 1.82) is 0 Å². The number of nitrogens with one attached hydrogen (secondary N) is 2. The molecule has 3 aromatic rings. The third kappa shape index (κ3) is 4.80. The van der Waals surface area contributed by atoms with Gasteiger partial charge in [0.1, 0.15) is 5.76 Å². The molecule has 2 heterocycles. The minimum Gasteiger partial charge on any atom is -0.467 e. The number of carbonyl (C=O) groups is 2. The normalized spacial score (nSPS) is 13.1. The lowest BCUT2D eigenvalue weighted by atomic mass is 10.1. The van der Waals surface area contributed by atoms with Gasteiger partial charge in [-0.05, 0) is 60.7 Å². The number of rotatable bonds is 7. The molecule has 2 aromatic heterocycles. The molecule has 1 aliphatic rings. The van der Waals surface area contributed by atoms with Gasteiger partial charge in [0.15, 0.2) is 0 Å². The minimum absolute atomic E-state index is 0.0845. The summed E-state index contributed by atoms with van der Waals surface area (Å²) in [5, 5.41) is 7.66. The zero-order valence-electron chi connectivity index (χ0n) is 15.3. The Hall–Kier alpha value is -3.06. The predicted octanol–water partition coefficient (Wildman–Crippen LogP) is 4.47. The van der Waals surface area contributed by atoms with E-state index in [1.54, 1.807) is 46.8 Å². The van der Waals surface area contributed by atoms with Crippen LogP contribution in [-0.2, 0) is 13.1 Å². The van der Waals surface area contributed by atoms with Crippen LogP contribution in [0.2, 0.25) is 0 Å². The van der Waals surface area contributed by atoms with E-state index in [9.17, 15) is 9.59 Å². The summed E-state index contributed by atoms with van der Waals surface area (Å²) in [7, 11) is 0. The fourth-order valence-electron chi connectivity index (χ4n) is 2.84. The highest BCUT2D eigenvalue weighted by Gasteiger charge is 2.23. The Morgan fingerprint density at radius 1 is 1.07 bits per heavy atom. The summed E-state index contributed by atoms with van der Waals surface area (Å²) >= 11 is 1.62. The molecule has 0 atom stereocenters. The van der Waals surface area contributed by atoms with Crippen LogP contribution < -0.4 is 10.6 Å². The molecular weight excluding hydrogens is 374 g/mol. The van der Waals surface area contributed by atoms with Crippen molar-refractivity contribution in [2.24, 2.45) is 0 Å². The van der Waals surface area contributed by atoms with Crippen LogP contribution in [0.3, 0.4) is 0 Å². The van der Waals surface area contributed by atoms with Crippen LogP contribution in [0.4, 0.5) is 10.5 Å². The largest absolute Gasteiger partial charge is 0.467 e. The molecule has 4 rings (SSSR count). The quantitative estimate of drug-likeness (QED) is 0.620. The Bertz CT molecular complexity index is 880. The maximum absolute atomic E-state index is 13.1. The lowest BCUT2D eigenvalue weighted by Gasteiger charge is -2.21. The molecule has 0 bridgehead atoms. The molecule has 144 valence electrons. The van der Waals surface area contributed by atoms with E-state index in [-0.39, 0.29) is 11.9 Å². The van der Waals surface area contributed by atoms with Crippen LogP contribution in [0.15, 0.2) is 64.6 Å². The second-order valence-corrected chi connectivity index (χ2v) is 7.80. The lowest BCUT2D eigenvalue weighted by Crippen LogP contribution is -2.31. The summed E-state index contributed by atoms with van der Waals surface area (Å²) in [6, 6.07) is 14.7. The number of hydrogen-bond acceptors (Lipinski definition) is 4. The minimum atomic E-state index is -0.210. The maximum atomic E-state index is 13.1. The lowest BCUT2D eigenvalue weighted by molar-refractivity contribution is 0.0719. The number of benzene rings is 1. The van der Waals surface area contributed by atoms with Crippen LogP contribution >= 0.6 is 11.3 Å². The fraction of sp³-hybridized carbons (Fsp3) is 0.238. The average Bonchev–Trinajstić information content (AvgIpc) is 3.13. The third-order valence-electron chi connectivity index (χ3n) is 4.44. The van der Waals surface area contributed by atoms with E-state index < -0.39 is 0 Å². The third-order valence-corrected chi connectivity index (χ3v) is 5.30. The van der Waals surface area contributed by atoms with E-state index in [4.69, 9.17) is 4.42 Å². The first-order valence-electron chi connectivity index (χ1n) is 9.19. The Kier molecular flexibility index (Phi) is 5.43. The number of amides is 3. The Morgan fingerprint density at radius 2 is 1.89 bits per heavy atom. The molecule has 0 unspecified atom stereocenters. The smallest absolute Gasteiger partial charge is 0.319 e. The maximum Gasteiger partial charge on any atom is 0.319 e. The van der Waals surface area contributed by atoms with Gasteiger partial charge < -0.3 is 20.0 Å². The van der Waals surface area contributed by atoms with Crippen molar-refractivity contribution < 1.29 is 14.0 Å². The SMILES string of the molecule is O=C(Nc1ccc(C(=O)N(Cc2ccco2)Cc2cccs2)cc1)NC1CC1. The van der Waals surface area contributed by atoms with Crippen LogP contribution in [0.25, 0.3) is 0 Å². The molecule has 0 saturated heterocycles. The van der Waals surface area contributed by atoms with Crippen molar-refractivity contribution in [2.75, 3.05) is 5.32 Å². The number of urea groups is 1. The van der Waals surface area contributed by atoms with Gasteiger partial charge in [0.05, 0.1) is 19.4 Å².